The molecule has 1 aromatic heterocycles. The minimum atomic E-state index is -3.43. The van der Waals surface area contributed by atoms with E-state index in [-0.39, 0.29) is 5.75 Å². The van der Waals surface area contributed by atoms with Gasteiger partial charge >= 0.3 is 0 Å². The van der Waals surface area contributed by atoms with Crippen molar-refractivity contribution in [3.05, 3.63) is 28.5 Å². The largest absolute Gasteiger partial charge is 0.260 e. The van der Waals surface area contributed by atoms with Crippen LogP contribution in [0.4, 0.5) is 0 Å². The summed E-state index contributed by atoms with van der Waals surface area (Å²) < 4.78 is 22.1. The van der Waals surface area contributed by atoms with Crippen molar-refractivity contribution < 1.29 is 8.42 Å². The summed E-state index contributed by atoms with van der Waals surface area (Å²) in [6.45, 7) is 0. The Labute approximate surface area is 89.7 Å². The first kappa shape index (κ1) is 10.9. The highest BCUT2D eigenvalue weighted by Crippen LogP contribution is 2.14. The average Bonchev–Trinajstić information content (AvgIpc) is 2.01. The molecule has 0 bridgehead atoms. The zero-order chi connectivity index (χ0) is 9.90. The highest BCUT2D eigenvalue weighted by Gasteiger charge is 2.07. The molecule has 6 heteroatoms. The number of nitrogens with zero attached hydrogens (tertiary/aromatic N) is 1. The fourth-order valence-electron chi connectivity index (χ4n) is 0.821. The van der Waals surface area contributed by atoms with E-state index >= 15 is 0 Å². The van der Waals surface area contributed by atoms with Crippen molar-refractivity contribution >= 4 is 35.7 Å². The van der Waals surface area contributed by atoms with Crippen LogP contribution in [-0.2, 0) is 15.5 Å². The summed E-state index contributed by atoms with van der Waals surface area (Å²) in [5.74, 6) is -0.0931. The van der Waals surface area contributed by atoms with Crippen LogP contribution < -0.4 is 0 Å². The van der Waals surface area contributed by atoms with E-state index in [1.165, 1.54) is 0 Å². The highest BCUT2D eigenvalue weighted by atomic mass is 79.9. The maximum absolute atomic E-state index is 10.6. The Morgan fingerprint density at radius 3 is 2.77 bits per heavy atom. The number of halogens is 2. The number of hydrogen-bond donors (Lipinski definition) is 0. The van der Waals surface area contributed by atoms with Crippen LogP contribution in [0.3, 0.4) is 0 Å². The Bertz CT molecular complexity index is 393. The third-order valence-corrected chi connectivity index (χ3v) is 3.29. The van der Waals surface area contributed by atoms with Gasteiger partial charge < -0.3 is 0 Å². The Morgan fingerprint density at radius 1 is 1.54 bits per heavy atom. The fourth-order valence-corrected chi connectivity index (χ4v) is 1.94. The third-order valence-electron chi connectivity index (χ3n) is 1.42. The van der Waals surface area contributed by atoms with Crippen molar-refractivity contribution in [1.29, 1.82) is 0 Å². The van der Waals surface area contributed by atoms with Crippen LogP contribution in [-0.4, -0.2) is 19.2 Å². The Kier molecular flexibility index (Phi) is 3.70. The van der Waals surface area contributed by atoms with Gasteiger partial charge in [-0.2, -0.15) is 0 Å². The van der Waals surface area contributed by atoms with Gasteiger partial charge in [-0.1, -0.05) is 0 Å². The summed E-state index contributed by atoms with van der Waals surface area (Å²) in [7, 11) is 1.64. The molecular formula is C7H7BrClNO2S. The summed E-state index contributed by atoms with van der Waals surface area (Å²) in [6, 6.07) is 3.58. The second-order valence-electron chi connectivity index (χ2n) is 2.42. The van der Waals surface area contributed by atoms with E-state index in [1.807, 2.05) is 6.07 Å². The van der Waals surface area contributed by atoms with Crippen LogP contribution in [0.25, 0.3) is 0 Å². The Morgan fingerprint density at radius 2 is 2.23 bits per heavy atom. The van der Waals surface area contributed by atoms with E-state index in [2.05, 4.69) is 20.9 Å². The third kappa shape index (κ3) is 4.06. The smallest absolute Gasteiger partial charge is 0.232 e. The first-order chi connectivity index (χ1) is 5.99. The van der Waals surface area contributed by atoms with Gasteiger partial charge in [0.2, 0.25) is 9.05 Å². The van der Waals surface area contributed by atoms with E-state index < -0.39 is 9.05 Å². The Balaban J connectivity index is 2.71. The van der Waals surface area contributed by atoms with Gasteiger partial charge in [-0.15, -0.1) is 0 Å². The summed E-state index contributed by atoms with van der Waals surface area (Å²) in [5, 5.41) is 0. The zero-order valence-corrected chi connectivity index (χ0v) is 9.73. The summed E-state index contributed by atoms with van der Waals surface area (Å²) >= 11 is 3.26. The lowest BCUT2D eigenvalue weighted by atomic mass is 10.3. The molecule has 13 heavy (non-hydrogen) atoms. The molecule has 72 valence electrons. The number of hydrogen-bond acceptors (Lipinski definition) is 3. The van der Waals surface area contributed by atoms with Crippen molar-refractivity contribution in [2.45, 2.75) is 6.42 Å². The summed E-state index contributed by atoms with van der Waals surface area (Å²) in [6.07, 6.45) is 1.94. The van der Waals surface area contributed by atoms with Crippen LogP contribution in [0.1, 0.15) is 5.69 Å². The second-order valence-corrected chi connectivity index (χ2v) is 6.18. The van der Waals surface area contributed by atoms with E-state index in [0.29, 0.717) is 12.1 Å². The molecule has 0 radical (unpaired) electrons. The molecule has 0 N–H and O–H groups in total. The molecule has 0 aliphatic heterocycles. The molecule has 0 saturated heterocycles. The lowest BCUT2D eigenvalue weighted by molar-refractivity contribution is 0.608. The number of aryl methyl sites for hydroxylation is 1. The maximum atomic E-state index is 10.6. The van der Waals surface area contributed by atoms with Crippen molar-refractivity contribution in [1.82, 2.24) is 4.98 Å². The molecular weight excluding hydrogens is 278 g/mol. The standard InChI is InChI=1S/C7H7BrClNO2S/c8-6-2-1-4-10-7(6)3-5-13(9,11)12/h1-2,4H,3,5H2. The first-order valence-corrected chi connectivity index (χ1v) is 6.78. The predicted molar refractivity (Wildman–Crippen MR) is 55.3 cm³/mol. The zero-order valence-electron chi connectivity index (χ0n) is 6.57. The molecule has 3 nitrogen and oxygen atoms in total. The molecule has 0 atom stereocenters. The van der Waals surface area contributed by atoms with Gasteiger partial charge in [0, 0.05) is 27.8 Å². The Hall–Kier alpha value is -0.130. The van der Waals surface area contributed by atoms with Gasteiger partial charge in [0.15, 0.2) is 0 Å². The quantitative estimate of drug-likeness (QED) is 0.797. The van der Waals surface area contributed by atoms with Crippen molar-refractivity contribution in [2.24, 2.45) is 0 Å². The maximum Gasteiger partial charge on any atom is 0.232 e. The molecule has 0 spiro atoms. The lowest BCUT2D eigenvalue weighted by Gasteiger charge is -2.00. The molecule has 1 aromatic rings. The van der Waals surface area contributed by atoms with E-state index in [4.69, 9.17) is 10.7 Å². The monoisotopic (exact) mass is 283 g/mol. The summed E-state index contributed by atoms with van der Waals surface area (Å²) in [5.41, 5.74) is 0.701. The topological polar surface area (TPSA) is 47.0 Å². The van der Waals surface area contributed by atoms with E-state index in [0.717, 1.165) is 4.47 Å². The molecule has 1 rings (SSSR count). The average molecular weight is 285 g/mol. The molecule has 0 saturated carbocycles. The number of aromatic nitrogens is 1. The molecule has 1 heterocycles. The molecule has 0 unspecified atom stereocenters. The van der Waals surface area contributed by atoms with Gasteiger partial charge in [-0.25, -0.2) is 8.42 Å². The van der Waals surface area contributed by atoms with Crippen LogP contribution in [0, 0.1) is 0 Å². The van der Waals surface area contributed by atoms with Gasteiger partial charge in [0.25, 0.3) is 0 Å². The predicted octanol–water partition coefficient (Wildman–Crippen LogP) is 1.96. The normalized spacial score (nSPS) is 11.5. The highest BCUT2D eigenvalue weighted by molar-refractivity contribution is 9.10. The minimum absolute atomic E-state index is 0.0931. The van der Waals surface area contributed by atoms with E-state index in [1.54, 1.807) is 12.3 Å². The molecule has 0 aromatic carbocycles. The number of pyridine rings is 1. The second kappa shape index (κ2) is 4.39. The fraction of sp³-hybridized carbons (Fsp3) is 0.286. The molecule has 0 amide bonds. The van der Waals surface area contributed by atoms with Crippen molar-refractivity contribution in [2.75, 3.05) is 5.75 Å². The van der Waals surface area contributed by atoms with Gasteiger partial charge in [0.05, 0.1) is 11.4 Å². The molecule has 0 fully saturated rings. The van der Waals surface area contributed by atoms with Crippen molar-refractivity contribution in [3.8, 4) is 0 Å². The van der Waals surface area contributed by atoms with Gasteiger partial charge in [-0.05, 0) is 28.1 Å². The number of rotatable bonds is 3. The first-order valence-electron chi connectivity index (χ1n) is 3.51. The van der Waals surface area contributed by atoms with Crippen molar-refractivity contribution in [3.63, 3.8) is 0 Å². The van der Waals surface area contributed by atoms with Crippen LogP contribution in [0.15, 0.2) is 22.8 Å². The van der Waals surface area contributed by atoms with Crippen LogP contribution in [0.5, 0.6) is 0 Å². The lowest BCUT2D eigenvalue weighted by Crippen LogP contribution is -2.03. The van der Waals surface area contributed by atoms with Gasteiger partial charge in [0.1, 0.15) is 0 Å². The van der Waals surface area contributed by atoms with Crippen LogP contribution >= 0.6 is 26.6 Å². The van der Waals surface area contributed by atoms with Gasteiger partial charge in [-0.3, -0.25) is 4.98 Å². The summed E-state index contributed by atoms with van der Waals surface area (Å²) in [4.78, 5) is 4.01. The minimum Gasteiger partial charge on any atom is -0.260 e. The SMILES string of the molecule is O=S(=O)(Cl)CCc1ncccc1Br. The van der Waals surface area contributed by atoms with Crippen LogP contribution in [0.2, 0.25) is 0 Å². The molecule has 0 aliphatic carbocycles. The van der Waals surface area contributed by atoms with E-state index in [9.17, 15) is 8.42 Å². The molecule has 0 aliphatic rings.